The van der Waals surface area contributed by atoms with Crippen LogP contribution in [0.2, 0.25) is 0 Å². The molecule has 1 aliphatic rings. The van der Waals surface area contributed by atoms with Gasteiger partial charge in [0.2, 0.25) is 5.91 Å². The van der Waals surface area contributed by atoms with Gasteiger partial charge in [-0.05, 0) is 49.2 Å². The van der Waals surface area contributed by atoms with Gasteiger partial charge in [-0.2, -0.15) is 0 Å². The van der Waals surface area contributed by atoms with E-state index in [1.54, 1.807) is 31.4 Å². The predicted octanol–water partition coefficient (Wildman–Crippen LogP) is 3.31. The summed E-state index contributed by atoms with van der Waals surface area (Å²) in [6.07, 6.45) is 0.679. The molecule has 0 saturated heterocycles. The molecular formula is C20H22N2O3. The van der Waals surface area contributed by atoms with Gasteiger partial charge in [0.1, 0.15) is 5.75 Å². The van der Waals surface area contributed by atoms with Gasteiger partial charge < -0.3 is 15.0 Å². The van der Waals surface area contributed by atoms with Crippen molar-refractivity contribution in [2.75, 3.05) is 12.0 Å². The minimum Gasteiger partial charge on any atom is -0.497 e. The maximum absolute atomic E-state index is 13.1. The Morgan fingerprint density at radius 2 is 1.80 bits per heavy atom. The molecule has 2 aromatic carbocycles. The van der Waals surface area contributed by atoms with Gasteiger partial charge in [0.15, 0.2) is 0 Å². The van der Waals surface area contributed by atoms with Crippen molar-refractivity contribution in [2.45, 2.75) is 32.4 Å². The van der Waals surface area contributed by atoms with Crippen LogP contribution in [-0.4, -0.2) is 25.0 Å². The van der Waals surface area contributed by atoms with Gasteiger partial charge in [0.25, 0.3) is 5.91 Å². The molecule has 0 radical (unpaired) electrons. The molecule has 0 saturated carbocycles. The third-order valence-corrected chi connectivity index (χ3v) is 4.52. The second-order valence-electron chi connectivity index (χ2n) is 6.30. The largest absolute Gasteiger partial charge is 0.497 e. The van der Waals surface area contributed by atoms with Crippen molar-refractivity contribution >= 4 is 17.5 Å². The maximum Gasteiger partial charge on any atom is 0.258 e. The summed E-state index contributed by atoms with van der Waals surface area (Å²) in [5, 5.41) is 2.99. The van der Waals surface area contributed by atoms with Gasteiger partial charge in [-0.15, -0.1) is 0 Å². The number of rotatable bonds is 3. The lowest BCUT2D eigenvalue weighted by Crippen LogP contribution is -2.46. The Morgan fingerprint density at radius 1 is 1.12 bits per heavy atom. The lowest BCUT2D eigenvalue weighted by Gasteiger charge is -2.39. The zero-order chi connectivity index (χ0) is 18.0. The van der Waals surface area contributed by atoms with E-state index in [1.807, 2.05) is 36.1 Å². The van der Waals surface area contributed by atoms with Gasteiger partial charge in [-0.25, -0.2) is 0 Å². The molecule has 2 atom stereocenters. The van der Waals surface area contributed by atoms with Crippen LogP contribution in [0.3, 0.4) is 0 Å². The molecule has 1 heterocycles. The number of hydrogen-bond donors (Lipinski definition) is 1. The van der Waals surface area contributed by atoms with Crippen molar-refractivity contribution in [3.8, 4) is 5.75 Å². The number of benzene rings is 2. The van der Waals surface area contributed by atoms with E-state index in [2.05, 4.69) is 5.32 Å². The smallest absolute Gasteiger partial charge is 0.258 e. The normalized spacial score (nSPS) is 19.1. The van der Waals surface area contributed by atoms with Crippen molar-refractivity contribution in [2.24, 2.45) is 0 Å². The molecule has 0 aromatic heterocycles. The average Bonchev–Trinajstić information content (AvgIpc) is 2.61. The van der Waals surface area contributed by atoms with Crippen molar-refractivity contribution in [1.29, 1.82) is 0 Å². The van der Waals surface area contributed by atoms with E-state index in [0.29, 0.717) is 12.0 Å². The fraction of sp³-hybridized carbons (Fsp3) is 0.300. The Bertz CT molecular complexity index is 786. The molecule has 2 aromatic rings. The third kappa shape index (κ3) is 3.36. The molecule has 0 spiro atoms. The number of carbonyl (C=O) groups excluding carboxylic acids is 2. The number of methoxy groups -OCH3 is 1. The SMILES string of the molecule is COc1ccc(C(=O)N2c3ccccc3C(NC(C)=O)CC2C)cc1. The van der Waals surface area contributed by atoms with Crippen LogP contribution in [0.25, 0.3) is 0 Å². The van der Waals surface area contributed by atoms with Crippen LogP contribution in [0.15, 0.2) is 48.5 Å². The molecule has 130 valence electrons. The van der Waals surface area contributed by atoms with Crippen LogP contribution >= 0.6 is 0 Å². The number of ether oxygens (including phenoxy) is 1. The van der Waals surface area contributed by atoms with Gasteiger partial charge in [-0.1, -0.05) is 18.2 Å². The van der Waals surface area contributed by atoms with E-state index in [4.69, 9.17) is 4.74 Å². The number of nitrogens with one attached hydrogen (secondary N) is 1. The van der Waals surface area contributed by atoms with Crippen LogP contribution in [0, 0.1) is 0 Å². The molecule has 5 nitrogen and oxygen atoms in total. The molecule has 0 aliphatic carbocycles. The molecule has 3 rings (SSSR count). The monoisotopic (exact) mass is 338 g/mol. The molecule has 0 fully saturated rings. The first-order valence-corrected chi connectivity index (χ1v) is 8.35. The maximum atomic E-state index is 13.1. The minimum absolute atomic E-state index is 0.0265. The van der Waals surface area contributed by atoms with Gasteiger partial charge >= 0.3 is 0 Å². The van der Waals surface area contributed by atoms with E-state index in [9.17, 15) is 9.59 Å². The third-order valence-electron chi connectivity index (χ3n) is 4.52. The Kier molecular flexibility index (Phi) is 4.74. The summed E-state index contributed by atoms with van der Waals surface area (Å²) < 4.78 is 5.16. The summed E-state index contributed by atoms with van der Waals surface area (Å²) in [4.78, 5) is 26.4. The van der Waals surface area contributed by atoms with E-state index < -0.39 is 0 Å². The highest BCUT2D eigenvalue weighted by Crippen LogP contribution is 2.37. The Balaban J connectivity index is 1.97. The second-order valence-corrected chi connectivity index (χ2v) is 6.30. The molecule has 25 heavy (non-hydrogen) atoms. The zero-order valence-electron chi connectivity index (χ0n) is 14.7. The quantitative estimate of drug-likeness (QED) is 0.934. The van der Waals surface area contributed by atoms with E-state index in [-0.39, 0.29) is 23.9 Å². The summed E-state index contributed by atoms with van der Waals surface area (Å²) in [5.41, 5.74) is 2.43. The first kappa shape index (κ1) is 17.0. The van der Waals surface area contributed by atoms with Crippen LogP contribution in [-0.2, 0) is 4.79 Å². The fourth-order valence-corrected chi connectivity index (χ4v) is 3.38. The summed E-state index contributed by atoms with van der Waals surface area (Å²) in [7, 11) is 1.60. The molecular weight excluding hydrogens is 316 g/mol. The summed E-state index contributed by atoms with van der Waals surface area (Å²) in [6.45, 7) is 3.52. The van der Waals surface area contributed by atoms with E-state index >= 15 is 0 Å². The van der Waals surface area contributed by atoms with Crippen LogP contribution in [0.4, 0.5) is 5.69 Å². The van der Waals surface area contributed by atoms with Gasteiger partial charge in [0.05, 0.1) is 13.2 Å². The number of fused-ring (bicyclic) bond motifs is 1. The molecule has 0 bridgehead atoms. The number of para-hydroxylation sites is 1. The highest BCUT2D eigenvalue weighted by atomic mass is 16.5. The van der Waals surface area contributed by atoms with Gasteiger partial charge in [-0.3, -0.25) is 9.59 Å². The molecule has 1 N–H and O–H groups in total. The number of hydrogen-bond acceptors (Lipinski definition) is 3. The zero-order valence-corrected chi connectivity index (χ0v) is 14.7. The Morgan fingerprint density at radius 3 is 2.44 bits per heavy atom. The molecule has 5 heteroatoms. The number of carbonyl (C=O) groups is 2. The summed E-state index contributed by atoms with van der Waals surface area (Å²) in [5.74, 6) is 0.597. The molecule has 1 aliphatic heterocycles. The topological polar surface area (TPSA) is 58.6 Å². The van der Waals surface area contributed by atoms with E-state index in [0.717, 1.165) is 17.0 Å². The lowest BCUT2D eigenvalue weighted by molar-refractivity contribution is -0.119. The minimum atomic E-state index is -0.0800. The van der Waals surface area contributed by atoms with E-state index in [1.165, 1.54) is 6.92 Å². The first-order valence-electron chi connectivity index (χ1n) is 8.35. The Hall–Kier alpha value is -2.82. The van der Waals surface area contributed by atoms with Crippen molar-refractivity contribution in [3.05, 3.63) is 59.7 Å². The van der Waals surface area contributed by atoms with Crippen molar-refractivity contribution in [3.63, 3.8) is 0 Å². The number of anilines is 1. The molecule has 2 amide bonds. The van der Waals surface area contributed by atoms with Crippen LogP contribution < -0.4 is 15.0 Å². The number of nitrogens with zero attached hydrogens (tertiary/aromatic N) is 1. The number of amides is 2. The van der Waals surface area contributed by atoms with Gasteiger partial charge in [0, 0.05) is 24.2 Å². The summed E-state index contributed by atoms with van der Waals surface area (Å²) in [6, 6.07) is 14.8. The first-order chi connectivity index (χ1) is 12.0. The van der Waals surface area contributed by atoms with Crippen LogP contribution in [0.5, 0.6) is 5.75 Å². The molecule has 2 unspecified atom stereocenters. The fourth-order valence-electron chi connectivity index (χ4n) is 3.38. The lowest BCUT2D eigenvalue weighted by atomic mass is 9.91. The Labute approximate surface area is 147 Å². The van der Waals surface area contributed by atoms with Crippen LogP contribution in [0.1, 0.15) is 42.2 Å². The predicted molar refractivity (Wildman–Crippen MR) is 96.9 cm³/mol. The highest BCUT2D eigenvalue weighted by Gasteiger charge is 2.34. The summed E-state index contributed by atoms with van der Waals surface area (Å²) >= 11 is 0. The van der Waals surface area contributed by atoms with Crippen molar-refractivity contribution in [1.82, 2.24) is 5.32 Å². The highest BCUT2D eigenvalue weighted by molar-refractivity contribution is 6.07. The second kappa shape index (κ2) is 6.97. The standard InChI is InChI=1S/C20H22N2O3/c1-13-12-18(21-14(2)23)17-6-4-5-7-19(17)22(13)20(24)15-8-10-16(25-3)11-9-15/h4-11,13,18H,12H2,1-3H3,(H,21,23). The average molecular weight is 338 g/mol. The van der Waals surface area contributed by atoms with Crippen molar-refractivity contribution < 1.29 is 14.3 Å².